The van der Waals surface area contributed by atoms with Gasteiger partial charge in [0.25, 0.3) is 0 Å². The number of hydrogen-bond donors (Lipinski definition) is 2. The van der Waals surface area contributed by atoms with Crippen LogP contribution in [-0.4, -0.2) is 9.78 Å². The molecular weight excluding hydrogens is 272 g/mol. The second-order valence-electron chi connectivity index (χ2n) is 4.80. The maximum Gasteiger partial charge on any atom is 0.0893 e. The summed E-state index contributed by atoms with van der Waals surface area (Å²) in [7, 11) is 0. The molecule has 0 saturated carbocycles. The lowest BCUT2D eigenvalue weighted by molar-refractivity contribution is 0.521. The van der Waals surface area contributed by atoms with Gasteiger partial charge in [-0.25, -0.2) is 5.43 Å². The van der Waals surface area contributed by atoms with Gasteiger partial charge in [0.1, 0.15) is 0 Å². The van der Waals surface area contributed by atoms with Crippen LogP contribution < -0.4 is 11.3 Å². The predicted molar refractivity (Wildman–Crippen MR) is 82.5 cm³/mol. The molecule has 0 radical (unpaired) electrons. The minimum absolute atomic E-state index is 0.151. The van der Waals surface area contributed by atoms with Gasteiger partial charge in [0.05, 0.1) is 23.0 Å². The average molecular weight is 293 g/mol. The first-order chi connectivity index (χ1) is 9.71. The quantitative estimate of drug-likeness (QED) is 0.635. The molecular formula is C15H21ClN4. The zero-order chi connectivity index (χ0) is 14.5. The number of hydrazine groups is 1. The van der Waals surface area contributed by atoms with Crippen LogP contribution in [0.15, 0.2) is 30.5 Å². The standard InChI is InChI=1S/C15H21ClN4/c1-3-9-20-15(13(16)10-18-20)14(19-17)12-7-5-11(4-2)6-8-12/h5-8,10,14,19H,3-4,9,17H2,1-2H3. The predicted octanol–water partition coefficient (Wildman–Crippen LogP) is 3.06. The number of nitrogens with two attached hydrogens (primary N) is 1. The molecule has 0 fully saturated rings. The summed E-state index contributed by atoms with van der Waals surface area (Å²) in [6.45, 7) is 5.08. The van der Waals surface area contributed by atoms with Gasteiger partial charge in [0, 0.05) is 6.54 Å². The van der Waals surface area contributed by atoms with Gasteiger partial charge in [-0.05, 0) is 24.0 Å². The van der Waals surface area contributed by atoms with Gasteiger partial charge in [-0.15, -0.1) is 0 Å². The van der Waals surface area contributed by atoms with Crippen molar-refractivity contribution in [2.24, 2.45) is 5.84 Å². The van der Waals surface area contributed by atoms with E-state index in [1.54, 1.807) is 6.20 Å². The molecule has 0 spiro atoms. The fourth-order valence-corrected chi connectivity index (χ4v) is 2.58. The highest BCUT2D eigenvalue weighted by molar-refractivity contribution is 6.31. The van der Waals surface area contributed by atoms with Crippen LogP contribution in [0, 0.1) is 0 Å². The van der Waals surface area contributed by atoms with Crippen LogP contribution in [0.5, 0.6) is 0 Å². The van der Waals surface area contributed by atoms with E-state index in [0.29, 0.717) is 5.02 Å². The highest BCUT2D eigenvalue weighted by Gasteiger charge is 2.20. The molecule has 1 atom stereocenters. The van der Waals surface area contributed by atoms with Gasteiger partial charge < -0.3 is 0 Å². The first kappa shape index (κ1) is 15.0. The lowest BCUT2D eigenvalue weighted by atomic mass is 10.0. The van der Waals surface area contributed by atoms with Crippen molar-refractivity contribution in [1.29, 1.82) is 0 Å². The van der Waals surface area contributed by atoms with Gasteiger partial charge in [-0.1, -0.05) is 49.7 Å². The van der Waals surface area contributed by atoms with Crippen LogP contribution in [0.4, 0.5) is 0 Å². The summed E-state index contributed by atoms with van der Waals surface area (Å²) in [4.78, 5) is 0. The van der Waals surface area contributed by atoms with Crippen molar-refractivity contribution in [1.82, 2.24) is 15.2 Å². The second kappa shape index (κ2) is 6.88. The molecule has 1 unspecified atom stereocenters. The number of aryl methyl sites for hydroxylation is 2. The number of nitrogens with one attached hydrogen (secondary N) is 1. The Morgan fingerprint density at radius 2 is 2.00 bits per heavy atom. The highest BCUT2D eigenvalue weighted by Crippen LogP contribution is 2.28. The van der Waals surface area contributed by atoms with Crippen LogP contribution in [0.3, 0.4) is 0 Å². The number of benzene rings is 1. The smallest absolute Gasteiger partial charge is 0.0893 e. The third-order valence-electron chi connectivity index (χ3n) is 3.43. The Kier molecular flexibility index (Phi) is 5.17. The van der Waals surface area contributed by atoms with Crippen LogP contribution in [0.25, 0.3) is 0 Å². The fraction of sp³-hybridized carbons (Fsp3) is 0.400. The van der Waals surface area contributed by atoms with Crippen LogP contribution in [0.2, 0.25) is 5.02 Å². The summed E-state index contributed by atoms with van der Waals surface area (Å²) in [5.41, 5.74) is 6.16. The Hall–Kier alpha value is -1.36. The molecule has 0 aliphatic heterocycles. The molecule has 1 aromatic carbocycles. The van der Waals surface area contributed by atoms with E-state index in [1.165, 1.54) is 5.56 Å². The van der Waals surface area contributed by atoms with Gasteiger partial charge >= 0.3 is 0 Å². The van der Waals surface area contributed by atoms with Crippen molar-refractivity contribution in [3.05, 3.63) is 52.3 Å². The molecule has 1 aromatic heterocycles. The number of hydrogen-bond acceptors (Lipinski definition) is 3. The maximum absolute atomic E-state index is 6.28. The summed E-state index contributed by atoms with van der Waals surface area (Å²) in [6, 6.07) is 8.26. The molecule has 5 heteroatoms. The molecule has 0 aliphatic rings. The van der Waals surface area contributed by atoms with E-state index in [9.17, 15) is 0 Å². The van der Waals surface area contributed by atoms with Crippen molar-refractivity contribution >= 4 is 11.6 Å². The van der Waals surface area contributed by atoms with E-state index in [4.69, 9.17) is 17.4 Å². The molecule has 0 bridgehead atoms. The van der Waals surface area contributed by atoms with Crippen molar-refractivity contribution in [3.8, 4) is 0 Å². The third kappa shape index (κ3) is 3.03. The van der Waals surface area contributed by atoms with Crippen molar-refractivity contribution in [3.63, 3.8) is 0 Å². The molecule has 0 saturated heterocycles. The highest BCUT2D eigenvalue weighted by atomic mass is 35.5. The Bertz CT molecular complexity index is 548. The average Bonchev–Trinajstić information content (AvgIpc) is 2.83. The summed E-state index contributed by atoms with van der Waals surface area (Å²) >= 11 is 6.28. The van der Waals surface area contributed by atoms with E-state index in [-0.39, 0.29) is 6.04 Å². The Balaban J connectivity index is 2.38. The minimum atomic E-state index is -0.151. The first-order valence-electron chi connectivity index (χ1n) is 6.97. The van der Waals surface area contributed by atoms with Crippen LogP contribution in [-0.2, 0) is 13.0 Å². The zero-order valence-corrected chi connectivity index (χ0v) is 12.7. The largest absolute Gasteiger partial charge is 0.271 e. The number of aromatic nitrogens is 2. The molecule has 0 amide bonds. The molecule has 2 rings (SSSR count). The Labute approximate surface area is 124 Å². The molecule has 2 aromatic rings. The normalized spacial score (nSPS) is 12.6. The summed E-state index contributed by atoms with van der Waals surface area (Å²) in [5.74, 6) is 5.75. The second-order valence-corrected chi connectivity index (χ2v) is 5.20. The van der Waals surface area contributed by atoms with E-state index >= 15 is 0 Å². The van der Waals surface area contributed by atoms with Crippen molar-refractivity contribution in [2.75, 3.05) is 0 Å². The lowest BCUT2D eigenvalue weighted by Gasteiger charge is -2.19. The minimum Gasteiger partial charge on any atom is -0.271 e. The number of rotatable bonds is 6. The van der Waals surface area contributed by atoms with E-state index < -0.39 is 0 Å². The molecule has 3 N–H and O–H groups in total. The zero-order valence-electron chi connectivity index (χ0n) is 11.9. The third-order valence-corrected chi connectivity index (χ3v) is 3.72. The molecule has 0 aliphatic carbocycles. The maximum atomic E-state index is 6.28. The topological polar surface area (TPSA) is 55.9 Å². The fourth-order valence-electron chi connectivity index (χ4n) is 2.33. The SMILES string of the molecule is CCCn1ncc(Cl)c1C(NN)c1ccc(CC)cc1. The van der Waals surface area contributed by atoms with Crippen LogP contribution in [0.1, 0.15) is 43.1 Å². The van der Waals surface area contributed by atoms with Gasteiger partial charge in [-0.2, -0.15) is 5.10 Å². The van der Waals surface area contributed by atoms with E-state index in [2.05, 4.69) is 48.6 Å². The molecule has 4 nitrogen and oxygen atoms in total. The summed E-state index contributed by atoms with van der Waals surface area (Å²) < 4.78 is 1.92. The summed E-state index contributed by atoms with van der Waals surface area (Å²) in [5, 5.41) is 4.96. The van der Waals surface area contributed by atoms with Gasteiger partial charge in [-0.3, -0.25) is 10.5 Å². The Morgan fingerprint density at radius 3 is 2.55 bits per heavy atom. The number of halogens is 1. The molecule has 1 heterocycles. The van der Waals surface area contributed by atoms with Crippen molar-refractivity contribution < 1.29 is 0 Å². The monoisotopic (exact) mass is 292 g/mol. The lowest BCUT2D eigenvalue weighted by Crippen LogP contribution is -2.31. The van der Waals surface area contributed by atoms with Crippen LogP contribution >= 0.6 is 11.6 Å². The van der Waals surface area contributed by atoms with Gasteiger partial charge in [0.2, 0.25) is 0 Å². The first-order valence-corrected chi connectivity index (χ1v) is 7.35. The van der Waals surface area contributed by atoms with Gasteiger partial charge in [0.15, 0.2) is 0 Å². The van der Waals surface area contributed by atoms with E-state index in [1.807, 2.05) is 4.68 Å². The van der Waals surface area contributed by atoms with Crippen molar-refractivity contribution in [2.45, 2.75) is 39.3 Å². The molecule has 20 heavy (non-hydrogen) atoms. The Morgan fingerprint density at radius 1 is 1.30 bits per heavy atom. The van der Waals surface area contributed by atoms with E-state index in [0.717, 1.165) is 30.6 Å². The number of nitrogens with zero attached hydrogens (tertiary/aromatic N) is 2. The molecule has 108 valence electrons. The summed E-state index contributed by atoms with van der Waals surface area (Å²) in [6.07, 6.45) is 3.70.